The van der Waals surface area contributed by atoms with Gasteiger partial charge in [0.1, 0.15) is 0 Å². The smallest absolute Gasteiger partial charge is 0.303 e. The van der Waals surface area contributed by atoms with Gasteiger partial charge in [-0.15, -0.1) is 0 Å². The van der Waals surface area contributed by atoms with Crippen LogP contribution in [0.1, 0.15) is 0 Å². The molecule has 0 aromatic heterocycles. The third-order valence-corrected chi connectivity index (χ3v) is 0. The van der Waals surface area contributed by atoms with Gasteiger partial charge in [-0.1, -0.05) is 0 Å². The zero-order valence-corrected chi connectivity index (χ0v) is 6.18. The van der Waals surface area contributed by atoms with Crippen LogP contribution in [0.4, 0.5) is 0 Å². The number of phosphoric acid groups is 1. The van der Waals surface area contributed by atoms with Gasteiger partial charge in [0.25, 0.3) is 0 Å². The van der Waals surface area contributed by atoms with E-state index in [0.29, 0.717) is 0 Å². The number of rotatable bonds is 0. The maximum atomic E-state index is 8.88. The van der Waals surface area contributed by atoms with Gasteiger partial charge in [0, 0.05) is 0 Å². The van der Waals surface area contributed by atoms with Crippen molar-refractivity contribution in [2.24, 2.45) is 0 Å². The van der Waals surface area contributed by atoms with Gasteiger partial charge in [-0.05, 0) is 25.8 Å². The van der Waals surface area contributed by atoms with Crippen LogP contribution < -0.4 is 0 Å². The first kappa shape index (κ1) is 11.6. The van der Waals surface area contributed by atoms with E-state index in [1.807, 2.05) is 0 Å². The molecule has 0 unspecified atom stereocenters. The Morgan fingerprint density at radius 1 is 1.25 bits per heavy atom. The van der Waals surface area contributed by atoms with Crippen LogP contribution in [0.3, 0.4) is 0 Å². The van der Waals surface area contributed by atoms with E-state index in [4.69, 9.17) is 19.2 Å². The summed E-state index contributed by atoms with van der Waals surface area (Å²) in [4.78, 5) is 21.6. The molecule has 0 heterocycles. The molecule has 52 valence electrons. The number of thiol groups is 2. The van der Waals surface area contributed by atoms with Crippen molar-refractivity contribution in [1.29, 1.82) is 0 Å². The molecule has 5 nitrogen and oxygen atoms in total. The van der Waals surface area contributed by atoms with Crippen molar-refractivity contribution in [2.45, 2.75) is 0 Å². The Morgan fingerprint density at radius 2 is 1.25 bits per heavy atom. The highest BCUT2D eigenvalue weighted by Crippen LogP contribution is 2.25. The molecule has 3 N–H and O–H groups in total. The van der Waals surface area contributed by atoms with E-state index < -0.39 is 7.82 Å². The normalized spacial score (nSPS) is 9.62. The molecule has 0 bridgehead atoms. The molecule has 0 fully saturated rings. The fraction of sp³-hybridized carbons (Fsp3) is 0. The molecule has 0 saturated heterocycles. The van der Waals surface area contributed by atoms with Crippen molar-refractivity contribution < 1.29 is 22.9 Å². The SMILES string of the molecule is O=P(O)(O)O.SOS. The van der Waals surface area contributed by atoms with Gasteiger partial charge < -0.3 is 14.7 Å². The minimum atomic E-state index is -4.64. The molecular formula is H5O5PS2. The Bertz CT molecular complexity index is 66.2. The van der Waals surface area contributed by atoms with Crippen molar-refractivity contribution in [3.63, 3.8) is 0 Å². The minimum Gasteiger partial charge on any atom is -0.303 e. The van der Waals surface area contributed by atoms with Crippen molar-refractivity contribution in [1.82, 2.24) is 0 Å². The van der Waals surface area contributed by atoms with Crippen LogP contribution in [0.2, 0.25) is 0 Å². The monoisotopic (exact) mass is 180 g/mol. The Labute approximate surface area is 57.2 Å². The summed E-state index contributed by atoms with van der Waals surface area (Å²) in [5.74, 6) is 0. The fourth-order valence-electron chi connectivity index (χ4n) is 0. The van der Waals surface area contributed by atoms with E-state index in [1.54, 1.807) is 0 Å². The predicted molar refractivity (Wildman–Crippen MR) is 33.3 cm³/mol. The van der Waals surface area contributed by atoms with Gasteiger partial charge in [0.2, 0.25) is 0 Å². The quantitative estimate of drug-likeness (QED) is 0.202. The Hall–Kier alpha value is 0.770. The molecule has 8 heteroatoms. The molecule has 0 aliphatic carbocycles. The lowest BCUT2D eigenvalue weighted by atomic mass is 15.8. The summed E-state index contributed by atoms with van der Waals surface area (Å²) in [5.41, 5.74) is 0. The molecule has 0 amide bonds. The van der Waals surface area contributed by atoms with E-state index in [9.17, 15) is 0 Å². The maximum absolute atomic E-state index is 8.88. The van der Waals surface area contributed by atoms with Crippen LogP contribution >= 0.6 is 33.6 Å². The summed E-state index contributed by atoms with van der Waals surface area (Å²) in [6.45, 7) is 0. The molecule has 0 radical (unpaired) electrons. The second-order valence-electron chi connectivity index (χ2n) is 0.595. The lowest BCUT2D eigenvalue weighted by molar-refractivity contribution is 0.275. The highest BCUT2D eigenvalue weighted by Gasteiger charge is 2.00. The fourth-order valence-corrected chi connectivity index (χ4v) is 0. The molecule has 0 saturated carbocycles. The zero-order valence-electron chi connectivity index (χ0n) is 3.50. The number of hydrogen-bond acceptors (Lipinski definition) is 4. The Balaban J connectivity index is 0. The van der Waals surface area contributed by atoms with E-state index >= 15 is 0 Å². The molecule has 0 aromatic carbocycles. The lowest BCUT2D eigenvalue weighted by Gasteiger charge is -1.82. The van der Waals surface area contributed by atoms with Crippen LogP contribution in [0.15, 0.2) is 0 Å². The molecular weight excluding hydrogens is 175 g/mol. The Kier molecular flexibility index (Phi) is 8.52. The van der Waals surface area contributed by atoms with Crippen molar-refractivity contribution in [3.05, 3.63) is 0 Å². The van der Waals surface area contributed by atoms with Crippen LogP contribution in [0, 0.1) is 0 Å². The van der Waals surface area contributed by atoms with Gasteiger partial charge in [0.05, 0.1) is 0 Å². The first-order valence-electron chi connectivity index (χ1n) is 1.15. The summed E-state index contributed by atoms with van der Waals surface area (Å²) in [5, 5.41) is 0. The van der Waals surface area contributed by atoms with Crippen molar-refractivity contribution in [2.75, 3.05) is 0 Å². The average molecular weight is 180 g/mol. The summed E-state index contributed by atoms with van der Waals surface area (Å²) in [6.07, 6.45) is 0. The maximum Gasteiger partial charge on any atom is 0.466 e. The first-order valence-corrected chi connectivity index (χ1v) is 3.44. The number of hydrogen-bond donors (Lipinski definition) is 5. The first-order chi connectivity index (χ1) is 3.41. The Morgan fingerprint density at radius 3 is 1.25 bits per heavy atom. The third-order valence-electron chi connectivity index (χ3n) is 0. The van der Waals surface area contributed by atoms with Gasteiger partial charge in [-0.3, -0.25) is 3.63 Å². The van der Waals surface area contributed by atoms with Crippen LogP contribution in [-0.4, -0.2) is 14.7 Å². The minimum absolute atomic E-state index is 3.15. The zero-order chi connectivity index (χ0) is 7.21. The van der Waals surface area contributed by atoms with Crippen LogP contribution in [-0.2, 0) is 8.19 Å². The van der Waals surface area contributed by atoms with Crippen LogP contribution in [0.5, 0.6) is 0 Å². The van der Waals surface area contributed by atoms with E-state index in [1.165, 1.54) is 0 Å². The molecule has 0 rings (SSSR count). The summed E-state index contributed by atoms with van der Waals surface area (Å²) >= 11 is 6.31. The molecule has 0 aliphatic heterocycles. The highest BCUT2D eigenvalue weighted by atomic mass is 32.2. The standard InChI is InChI=1S/H3O4P.H2OS2/c1-5(2,3)4;2-1-3/h(H3,1,2,3,4);2-3H. The summed E-state index contributed by atoms with van der Waals surface area (Å²) < 4.78 is 12.5. The highest BCUT2D eigenvalue weighted by molar-refractivity contribution is 7.89. The van der Waals surface area contributed by atoms with E-state index in [2.05, 4.69) is 29.4 Å². The van der Waals surface area contributed by atoms with Crippen LogP contribution in [0.25, 0.3) is 0 Å². The molecule has 0 aliphatic rings. The van der Waals surface area contributed by atoms with Crippen molar-refractivity contribution in [3.8, 4) is 0 Å². The predicted octanol–water partition coefficient (Wildman–Crippen LogP) is -0.236. The van der Waals surface area contributed by atoms with Crippen molar-refractivity contribution >= 4 is 33.6 Å². The lowest BCUT2D eigenvalue weighted by Crippen LogP contribution is -1.66. The van der Waals surface area contributed by atoms with Gasteiger partial charge in [0.15, 0.2) is 0 Å². The molecule has 0 aromatic rings. The van der Waals surface area contributed by atoms with Gasteiger partial charge in [-0.2, -0.15) is 0 Å². The summed E-state index contributed by atoms with van der Waals surface area (Å²) in [6, 6.07) is 0. The third kappa shape index (κ3) is 380. The average Bonchev–Trinajstić information content (AvgIpc) is 1.27. The molecule has 0 spiro atoms. The second kappa shape index (κ2) is 5.90. The van der Waals surface area contributed by atoms with E-state index in [-0.39, 0.29) is 0 Å². The van der Waals surface area contributed by atoms with Gasteiger partial charge >= 0.3 is 7.82 Å². The second-order valence-corrected chi connectivity index (χ2v) is 2.27. The topological polar surface area (TPSA) is 87.0 Å². The summed E-state index contributed by atoms with van der Waals surface area (Å²) in [7, 11) is -4.64. The largest absolute Gasteiger partial charge is 0.466 e. The van der Waals surface area contributed by atoms with Gasteiger partial charge in [-0.25, -0.2) is 4.57 Å². The van der Waals surface area contributed by atoms with E-state index in [0.717, 1.165) is 0 Å². The molecule has 8 heavy (non-hydrogen) atoms. The molecule has 0 atom stereocenters.